The number of carboxylic acid groups (broad SMARTS) is 1. The Hall–Kier alpha value is -1.36. The Morgan fingerprint density at radius 3 is 2.43 bits per heavy atom. The van der Waals surface area contributed by atoms with E-state index in [4.69, 9.17) is 0 Å². The highest BCUT2D eigenvalue weighted by Gasteiger charge is 2.38. The average Bonchev–Trinajstić information content (AvgIpc) is 2.71. The molecule has 2 N–H and O–H groups in total. The summed E-state index contributed by atoms with van der Waals surface area (Å²) in [7, 11) is 0. The summed E-state index contributed by atoms with van der Waals surface area (Å²) >= 11 is 3.33. The molecule has 0 atom stereocenters. The van der Waals surface area contributed by atoms with Crippen LogP contribution in [-0.4, -0.2) is 23.5 Å². The van der Waals surface area contributed by atoms with E-state index in [-0.39, 0.29) is 12.5 Å². The molecule has 5 heteroatoms. The van der Waals surface area contributed by atoms with Crippen molar-refractivity contribution in [2.75, 3.05) is 6.54 Å². The first-order valence-corrected chi connectivity index (χ1v) is 8.10. The number of aliphatic carboxylic acids is 1. The van der Waals surface area contributed by atoms with E-state index in [0.29, 0.717) is 18.4 Å². The Morgan fingerprint density at radius 1 is 1.19 bits per heavy atom. The van der Waals surface area contributed by atoms with Crippen LogP contribution in [0.5, 0.6) is 0 Å². The van der Waals surface area contributed by atoms with Gasteiger partial charge in [0.15, 0.2) is 0 Å². The molecule has 114 valence electrons. The van der Waals surface area contributed by atoms with E-state index in [2.05, 4.69) is 21.2 Å². The van der Waals surface area contributed by atoms with Crippen molar-refractivity contribution < 1.29 is 14.7 Å². The predicted molar refractivity (Wildman–Crippen MR) is 84.2 cm³/mol. The standard InChI is InChI=1S/C16H20BrNO3/c17-13-7-5-6-12(10-13)14(19)18-11-16(15(20)21)8-3-1-2-4-9-16/h5-7,10H,1-4,8-9,11H2,(H,18,19)(H,20,21). The van der Waals surface area contributed by atoms with Crippen molar-refractivity contribution in [1.82, 2.24) is 5.32 Å². The molecule has 0 saturated heterocycles. The first-order chi connectivity index (χ1) is 10.0. The molecule has 21 heavy (non-hydrogen) atoms. The molecule has 0 aliphatic heterocycles. The fraction of sp³-hybridized carbons (Fsp3) is 0.500. The highest BCUT2D eigenvalue weighted by Crippen LogP contribution is 2.34. The molecule has 0 bridgehead atoms. The first-order valence-electron chi connectivity index (χ1n) is 7.31. The molecule has 0 heterocycles. The summed E-state index contributed by atoms with van der Waals surface area (Å²) in [4.78, 5) is 23.8. The van der Waals surface area contributed by atoms with Crippen molar-refractivity contribution in [2.45, 2.75) is 38.5 Å². The lowest BCUT2D eigenvalue weighted by Crippen LogP contribution is -2.42. The monoisotopic (exact) mass is 353 g/mol. The van der Waals surface area contributed by atoms with E-state index in [1.807, 2.05) is 6.07 Å². The lowest BCUT2D eigenvalue weighted by Gasteiger charge is -2.28. The van der Waals surface area contributed by atoms with Crippen LogP contribution in [0.2, 0.25) is 0 Å². The number of halogens is 1. The molecule has 1 aliphatic carbocycles. The zero-order chi connectivity index (χ0) is 15.3. The fourth-order valence-electron chi connectivity index (χ4n) is 2.85. The minimum atomic E-state index is -0.807. The van der Waals surface area contributed by atoms with E-state index >= 15 is 0 Å². The first kappa shape index (κ1) is 16.0. The number of rotatable bonds is 4. The molecule has 1 aliphatic rings. The summed E-state index contributed by atoms with van der Waals surface area (Å²) in [6.07, 6.45) is 5.27. The molecular weight excluding hydrogens is 334 g/mol. The molecule has 2 rings (SSSR count). The third kappa shape index (κ3) is 4.06. The van der Waals surface area contributed by atoms with Crippen LogP contribution in [0, 0.1) is 5.41 Å². The van der Waals surface area contributed by atoms with Crippen LogP contribution < -0.4 is 5.32 Å². The molecule has 0 unspecified atom stereocenters. The second-order valence-electron chi connectivity index (χ2n) is 5.69. The summed E-state index contributed by atoms with van der Waals surface area (Å²) in [6, 6.07) is 7.09. The lowest BCUT2D eigenvalue weighted by atomic mass is 9.80. The topological polar surface area (TPSA) is 66.4 Å². The number of carbonyl (C=O) groups excluding carboxylic acids is 1. The smallest absolute Gasteiger partial charge is 0.311 e. The summed E-state index contributed by atoms with van der Waals surface area (Å²) in [5.41, 5.74) is -0.267. The third-order valence-electron chi connectivity index (χ3n) is 4.19. The van der Waals surface area contributed by atoms with Crippen molar-refractivity contribution in [3.05, 3.63) is 34.3 Å². The normalized spacial score (nSPS) is 17.8. The van der Waals surface area contributed by atoms with Gasteiger partial charge in [-0.15, -0.1) is 0 Å². The van der Waals surface area contributed by atoms with Crippen molar-refractivity contribution in [3.8, 4) is 0 Å². The van der Waals surface area contributed by atoms with Crippen LogP contribution in [0.25, 0.3) is 0 Å². The van der Waals surface area contributed by atoms with Gasteiger partial charge in [-0.25, -0.2) is 0 Å². The molecule has 1 saturated carbocycles. The van der Waals surface area contributed by atoms with E-state index in [9.17, 15) is 14.7 Å². The number of hydrogen-bond donors (Lipinski definition) is 2. The maximum Gasteiger partial charge on any atom is 0.311 e. The number of benzene rings is 1. The maximum atomic E-state index is 12.2. The largest absolute Gasteiger partial charge is 0.481 e. The summed E-state index contributed by atoms with van der Waals surface area (Å²) in [6.45, 7) is 0.202. The van der Waals surface area contributed by atoms with Crippen molar-refractivity contribution in [2.24, 2.45) is 5.41 Å². The molecule has 0 radical (unpaired) electrons. The molecule has 1 amide bonds. The lowest BCUT2D eigenvalue weighted by molar-refractivity contribution is -0.149. The number of nitrogens with one attached hydrogen (secondary N) is 1. The van der Waals surface area contributed by atoms with Gasteiger partial charge >= 0.3 is 5.97 Å². The molecule has 1 fully saturated rings. The Kier molecular flexibility index (Phi) is 5.39. The van der Waals surface area contributed by atoms with Crippen LogP contribution in [0.4, 0.5) is 0 Å². The fourth-order valence-corrected chi connectivity index (χ4v) is 3.25. The number of amides is 1. The predicted octanol–water partition coefficient (Wildman–Crippen LogP) is 3.60. The van der Waals surface area contributed by atoms with Crippen LogP contribution in [-0.2, 0) is 4.79 Å². The Labute approximate surface area is 133 Å². The summed E-state index contributed by atoms with van der Waals surface area (Å²) in [5.74, 6) is -1.01. The Bertz CT molecular complexity index is 522. The number of hydrogen-bond acceptors (Lipinski definition) is 2. The van der Waals surface area contributed by atoms with Crippen LogP contribution in [0.15, 0.2) is 28.7 Å². The maximum absolute atomic E-state index is 12.2. The van der Waals surface area contributed by atoms with Crippen molar-refractivity contribution in [3.63, 3.8) is 0 Å². The van der Waals surface area contributed by atoms with Gasteiger partial charge in [0.2, 0.25) is 0 Å². The molecule has 4 nitrogen and oxygen atoms in total. The van der Waals surface area contributed by atoms with Gasteiger partial charge in [-0.2, -0.15) is 0 Å². The van der Waals surface area contributed by atoms with Gasteiger partial charge in [-0.1, -0.05) is 47.7 Å². The van der Waals surface area contributed by atoms with Crippen molar-refractivity contribution >= 4 is 27.8 Å². The highest BCUT2D eigenvalue weighted by atomic mass is 79.9. The molecule has 0 spiro atoms. The van der Waals surface area contributed by atoms with Crippen molar-refractivity contribution in [1.29, 1.82) is 0 Å². The van der Waals surface area contributed by atoms with Gasteiger partial charge in [0.1, 0.15) is 0 Å². The second-order valence-corrected chi connectivity index (χ2v) is 6.61. The van der Waals surface area contributed by atoms with E-state index in [1.54, 1.807) is 18.2 Å². The SMILES string of the molecule is O=C(NCC1(C(=O)O)CCCCCC1)c1cccc(Br)c1. The average molecular weight is 354 g/mol. The van der Waals surface area contributed by atoms with Gasteiger partial charge in [0.25, 0.3) is 5.91 Å². The summed E-state index contributed by atoms with van der Waals surface area (Å²) < 4.78 is 0.831. The molecule has 0 aromatic heterocycles. The van der Waals surface area contributed by atoms with Gasteiger partial charge in [-0.3, -0.25) is 9.59 Å². The van der Waals surface area contributed by atoms with E-state index in [0.717, 1.165) is 30.2 Å². The third-order valence-corrected chi connectivity index (χ3v) is 4.68. The van der Waals surface area contributed by atoms with Gasteiger partial charge in [0.05, 0.1) is 5.41 Å². The summed E-state index contributed by atoms with van der Waals surface area (Å²) in [5, 5.41) is 12.4. The number of carbonyl (C=O) groups is 2. The molecule has 1 aromatic carbocycles. The number of carboxylic acids is 1. The quantitative estimate of drug-likeness (QED) is 0.812. The second kappa shape index (κ2) is 7.07. The van der Waals surface area contributed by atoms with E-state index in [1.165, 1.54) is 0 Å². The van der Waals surface area contributed by atoms with Gasteiger partial charge in [-0.05, 0) is 31.0 Å². The zero-order valence-corrected chi connectivity index (χ0v) is 13.5. The Balaban J connectivity index is 2.04. The molecular formula is C16H20BrNO3. The minimum absolute atomic E-state index is 0.202. The Morgan fingerprint density at radius 2 is 1.86 bits per heavy atom. The molecule has 1 aromatic rings. The van der Waals surface area contributed by atoms with Gasteiger partial charge in [0, 0.05) is 16.6 Å². The van der Waals surface area contributed by atoms with Crippen LogP contribution in [0.1, 0.15) is 48.9 Å². The highest BCUT2D eigenvalue weighted by molar-refractivity contribution is 9.10. The minimum Gasteiger partial charge on any atom is -0.481 e. The van der Waals surface area contributed by atoms with Crippen LogP contribution >= 0.6 is 15.9 Å². The van der Waals surface area contributed by atoms with Gasteiger partial charge < -0.3 is 10.4 Å². The zero-order valence-electron chi connectivity index (χ0n) is 11.9. The van der Waals surface area contributed by atoms with E-state index < -0.39 is 11.4 Å². The van der Waals surface area contributed by atoms with Crippen LogP contribution in [0.3, 0.4) is 0 Å².